The molecule has 3 heterocycles. The zero-order valence-corrected chi connectivity index (χ0v) is 18.1. The summed E-state index contributed by atoms with van der Waals surface area (Å²) in [6.07, 6.45) is 1.50. The van der Waals surface area contributed by atoms with E-state index in [-0.39, 0.29) is 5.56 Å². The number of likely N-dealkylation sites (N-methyl/N-ethyl adjacent to an activating group) is 1. The molecule has 0 saturated carbocycles. The quantitative estimate of drug-likeness (QED) is 0.373. The normalized spacial score (nSPS) is 14.4. The molecule has 168 valence electrons. The molecule has 0 atom stereocenters. The summed E-state index contributed by atoms with van der Waals surface area (Å²) in [5.41, 5.74) is 3.75. The van der Waals surface area contributed by atoms with Crippen molar-refractivity contribution in [2.24, 2.45) is 0 Å². The molecule has 10 nitrogen and oxygen atoms in total. The number of hydrogen-bond donors (Lipinski definition) is 4. The fourth-order valence-corrected chi connectivity index (χ4v) is 3.90. The lowest BCUT2D eigenvalue weighted by Crippen LogP contribution is -2.44. The van der Waals surface area contributed by atoms with Crippen LogP contribution in [0.15, 0.2) is 59.5 Å². The highest BCUT2D eigenvalue weighted by atomic mass is 16.2. The Morgan fingerprint density at radius 3 is 2.45 bits per heavy atom. The van der Waals surface area contributed by atoms with Crippen molar-refractivity contribution in [2.45, 2.75) is 0 Å². The minimum atomic E-state index is -0.491. The average molecular weight is 444 g/mol. The van der Waals surface area contributed by atoms with Gasteiger partial charge in [0.15, 0.2) is 0 Å². The van der Waals surface area contributed by atoms with Gasteiger partial charge in [-0.05, 0) is 55.6 Å². The summed E-state index contributed by atoms with van der Waals surface area (Å²) >= 11 is 0. The molecule has 0 aliphatic carbocycles. The third kappa shape index (κ3) is 4.41. The van der Waals surface area contributed by atoms with E-state index in [0.29, 0.717) is 22.6 Å². The fraction of sp³-hybridized carbons (Fsp3) is 0.217. The summed E-state index contributed by atoms with van der Waals surface area (Å²) in [7, 11) is 2.12. The van der Waals surface area contributed by atoms with Crippen molar-refractivity contribution in [1.29, 1.82) is 0 Å². The van der Waals surface area contributed by atoms with E-state index in [9.17, 15) is 9.59 Å². The molecule has 2 aromatic carbocycles. The predicted octanol–water partition coefficient (Wildman–Crippen LogP) is 2.39. The number of H-pyrrole nitrogens is 2. The van der Waals surface area contributed by atoms with Gasteiger partial charge in [-0.3, -0.25) is 9.59 Å². The molecule has 4 N–H and O–H groups in total. The van der Waals surface area contributed by atoms with E-state index < -0.39 is 11.5 Å². The second-order valence-electron chi connectivity index (χ2n) is 8.04. The second kappa shape index (κ2) is 8.75. The molecule has 1 fully saturated rings. The van der Waals surface area contributed by atoms with Crippen LogP contribution in [-0.2, 0) is 0 Å². The maximum atomic E-state index is 13.0. The minimum absolute atomic E-state index is 0.000828. The SMILES string of the molecule is CN1CCN(c2ccc(NC(=O)c3c(Nc4ccc5n[nH]nc5c4)cc[nH]c3=O)cc2)CC1. The Kier molecular flexibility index (Phi) is 5.49. The number of pyridine rings is 1. The van der Waals surface area contributed by atoms with Crippen LogP contribution in [0, 0.1) is 0 Å². The Morgan fingerprint density at radius 1 is 0.939 bits per heavy atom. The number of benzene rings is 2. The number of fused-ring (bicyclic) bond motifs is 1. The first-order valence-corrected chi connectivity index (χ1v) is 10.7. The Hall–Kier alpha value is -4.18. The third-order valence-corrected chi connectivity index (χ3v) is 5.78. The van der Waals surface area contributed by atoms with Gasteiger partial charge in [-0.1, -0.05) is 0 Å². The van der Waals surface area contributed by atoms with Crippen LogP contribution < -0.4 is 21.1 Å². The van der Waals surface area contributed by atoms with Crippen molar-refractivity contribution in [3.63, 3.8) is 0 Å². The fourth-order valence-electron chi connectivity index (χ4n) is 3.90. The van der Waals surface area contributed by atoms with Gasteiger partial charge in [0, 0.05) is 49.4 Å². The smallest absolute Gasteiger partial charge is 0.263 e. The van der Waals surface area contributed by atoms with Crippen LogP contribution >= 0.6 is 0 Å². The van der Waals surface area contributed by atoms with E-state index in [1.54, 1.807) is 18.2 Å². The third-order valence-electron chi connectivity index (χ3n) is 5.78. The van der Waals surface area contributed by atoms with Crippen molar-refractivity contribution < 1.29 is 4.79 Å². The van der Waals surface area contributed by atoms with Gasteiger partial charge in [-0.15, -0.1) is 0 Å². The first-order valence-electron chi connectivity index (χ1n) is 10.7. The number of hydrogen-bond acceptors (Lipinski definition) is 7. The molecule has 4 aromatic rings. The summed E-state index contributed by atoms with van der Waals surface area (Å²) in [4.78, 5) is 32.8. The van der Waals surface area contributed by atoms with E-state index in [1.807, 2.05) is 30.3 Å². The van der Waals surface area contributed by atoms with E-state index in [2.05, 4.69) is 47.9 Å². The molecular weight excluding hydrogens is 420 g/mol. The van der Waals surface area contributed by atoms with Gasteiger partial charge in [0.2, 0.25) is 0 Å². The maximum absolute atomic E-state index is 13.0. The molecule has 1 amide bonds. The van der Waals surface area contributed by atoms with Crippen molar-refractivity contribution in [3.8, 4) is 0 Å². The van der Waals surface area contributed by atoms with Gasteiger partial charge in [-0.2, -0.15) is 15.4 Å². The monoisotopic (exact) mass is 444 g/mol. The van der Waals surface area contributed by atoms with Gasteiger partial charge in [-0.25, -0.2) is 0 Å². The van der Waals surface area contributed by atoms with Crippen LogP contribution in [0.2, 0.25) is 0 Å². The molecule has 2 aromatic heterocycles. The van der Waals surface area contributed by atoms with Crippen molar-refractivity contribution in [3.05, 3.63) is 70.6 Å². The number of carbonyl (C=O) groups is 1. The van der Waals surface area contributed by atoms with Crippen molar-refractivity contribution in [1.82, 2.24) is 25.3 Å². The van der Waals surface area contributed by atoms with Crippen LogP contribution in [0.1, 0.15) is 10.4 Å². The first-order chi connectivity index (χ1) is 16.1. The summed E-state index contributed by atoms with van der Waals surface area (Å²) in [5.74, 6) is -0.491. The zero-order chi connectivity index (χ0) is 22.8. The standard InChI is InChI=1S/C23H24N8O2/c1-30-10-12-31(13-11-30)17-5-2-15(3-6-17)26-23(33)21-19(8-9-24-22(21)32)25-16-4-7-18-20(14-16)28-29-27-18/h2-9,14H,10-13H2,1H3,(H,26,33)(H2,24,25,32)(H,27,28,29). The summed E-state index contributed by atoms with van der Waals surface area (Å²) in [6.45, 7) is 3.98. The lowest BCUT2D eigenvalue weighted by atomic mass is 10.1. The minimum Gasteiger partial charge on any atom is -0.369 e. The van der Waals surface area contributed by atoms with Crippen molar-refractivity contribution >= 4 is 39.7 Å². The van der Waals surface area contributed by atoms with Gasteiger partial charge >= 0.3 is 0 Å². The number of aromatic amines is 2. The van der Waals surface area contributed by atoms with Crippen LogP contribution in [0.4, 0.5) is 22.7 Å². The number of anilines is 4. The van der Waals surface area contributed by atoms with Gasteiger partial charge in [0.1, 0.15) is 16.6 Å². The first kappa shape index (κ1) is 20.7. The Balaban J connectivity index is 1.33. The number of piperazine rings is 1. The highest BCUT2D eigenvalue weighted by Crippen LogP contribution is 2.23. The largest absolute Gasteiger partial charge is 0.369 e. The zero-order valence-electron chi connectivity index (χ0n) is 18.1. The number of nitrogens with one attached hydrogen (secondary N) is 4. The molecular formula is C23H24N8O2. The molecule has 10 heteroatoms. The van der Waals surface area contributed by atoms with Gasteiger partial charge in [0.25, 0.3) is 11.5 Å². The van der Waals surface area contributed by atoms with Crippen LogP contribution in [-0.4, -0.2) is 64.4 Å². The van der Waals surface area contributed by atoms with Gasteiger partial charge < -0.3 is 25.4 Å². The van der Waals surface area contributed by atoms with Crippen molar-refractivity contribution in [2.75, 3.05) is 48.8 Å². The Bertz CT molecular complexity index is 1340. The molecule has 1 aliphatic heterocycles. The predicted molar refractivity (Wildman–Crippen MR) is 128 cm³/mol. The summed E-state index contributed by atoms with van der Waals surface area (Å²) in [6, 6.07) is 14.7. The highest BCUT2D eigenvalue weighted by Gasteiger charge is 2.18. The molecule has 1 saturated heterocycles. The van der Waals surface area contributed by atoms with Crippen LogP contribution in [0.5, 0.6) is 0 Å². The number of amides is 1. The Morgan fingerprint density at radius 2 is 1.67 bits per heavy atom. The van der Waals surface area contributed by atoms with E-state index in [1.165, 1.54) is 6.20 Å². The van der Waals surface area contributed by atoms with Gasteiger partial charge in [0.05, 0.1) is 5.69 Å². The molecule has 0 spiro atoms. The topological polar surface area (TPSA) is 122 Å². The Labute approximate surface area is 189 Å². The number of nitrogens with zero attached hydrogens (tertiary/aromatic N) is 4. The second-order valence-corrected chi connectivity index (χ2v) is 8.04. The van der Waals surface area contributed by atoms with Crippen LogP contribution in [0.25, 0.3) is 11.0 Å². The van der Waals surface area contributed by atoms with E-state index in [4.69, 9.17) is 0 Å². The lowest BCUT2D eigenvalue weighted by molar-refractivity contribution is 0.102. The van der Waals surface area contributed by atoms with E-state index >= 15 is 0 Å². The molecule has 1 aliphatic rings. The number of carbonyl (C=O) groups excluding carboxylic acids is 1. The maximum Gasteiger partial charge on any atom is 0.263 e. The average Bonchev–Trinajstić information content (AvgIpc) is 3.28. The van der Waals surface area contributed by atoms with Crippen LogP contribution in [0.3, 0.4) is 0 Å². The summed E-state index contributed by atoms with van der Waals surface area (Å²) < 4.78 is 0. The lowest BCUT2D eigenvalue weighted by Gasteiger charge is -2.34. The summed E-state index contributed by atoms with van der Waals surface area (Å²) in [5, 5.41) is 16.6. The van der Waals surface area contributed by atoms with E-state index in [0.717, 1.165) is 37.4 Å². The number of rotatable bonds is 5. The number of aromatic nitrogens is 4. The molecule has 5 rings (SSSR count). The molecule has 0 bridgehead atoms. The molecule has 0 radical (unpaired) electrons. The molecule has 33 heavy (non-hydrogen) atoms. The molecule has 0 unspecified atom stereocenters. The highest BCUT2D eigenvalue weighted by molar-refractivity contribution is 6.08.